The highest BCUT2D eigenvalue weighted by Crippen LogP contribution is 2.43. The first-order chi connectivity index (χ1) is 11.7. The van der Waals surface area contributed by atoms with Gasteiger partial charge in [0.25, 0.3) is 0 Å². The van der Waals surface area contributed by atoms with E-state index in [1.54, 1.807) is 0 Å². The lowest BCUT2D eigenvalue weighted by Crippen LogP contribution is -2.20. The van der Waals surface area contributed by atoms with Crippen molar-refractivity contribution in [3.8, 4) is 0 Å². The van der Waals surface area contributed by atoms with Crippen molar-refractivity contribution < 1.29 is 26.3 Å². The van der Waals surface area contributed by atoms with Crippen molar-refractivity contribution in [3.05, 3.63) is 23.6 Å². The Bertz CT molecular complexity index is 489. The molecule has 2 fully saturated rings. The van der Waals surface area contributed by atoms with E-state index in [0.717, 1.165) is 19.3 Å². The van der Waals surface area contributed by atoms with Crippen molar-refractivity contribution in [1.29, 1.82) is 0 Å². The predicted octanol–water partition coefficient (Wildman–Crippen LogP) is 7.58. The first-order valence-corrected chi connectivity index (χ1v) is 9.21. The van der Waals surface area contributed by atoms with Crippen LogP contribution in [0.5, 0.6) is 0 Å². The van der Waals surface area contributed by atoms with Crippen molar-refractivity contribution in [2.24, 2.45) is 23.7 Å². The molecule has 0 amide bonds. The first-order valence-electron chi connectivity index (χ1n) is 9.21. The summed E-state index contributed by atoms with van der Waals surface area (Å²) in [6.07, 6.45) is -0.232. The minimum absolute atomic E-state index is 0.117. The van der Waals surface area contributed by atoms with Crippen molar-refractivity contribution in [1.82, 2.24) is 0 Å². The van der Waals surface area contributed by atoms with E-state index in [0.29, 0.717) is 18.8 Å². The van der Waals surface area contributed by atoms with Gasteiger partial charge in [-0.2, -0.15) is 13.2 Å². The van der Waals surface area contributed by atoms with Crippen molar-refractivity contribution >= 4 is 0 Å². The Morgan fingerprint density at radius 2 is 1.16 bits per heavy atom. The molecule has 144 valence electrons. The molecule has 6 heteroatoms. The van der Waals surface area contributed by atoms with Crippen LogP contribution < -0.4 is 0 Å². The summed E-state index contributed by atoms with van der Waals surface area (Å²) in [4.78, 5) is 0. The van der Waals surface area contributed by atoms with Gasteiger partial charge in [-0.1, -0.05) is 13.3 Å². The molecule has 2 rings (SSSR count). The molecule has 0 spiro atoms. The van der Waals surface area contributed by atoms with Gasteiger partial charge in [-0.15, -0.1) is 0 Å². The van der Waals surface area contributed by atoms with Gasteiger partial charge in [-0.3, -0.25) is 0 Å². The molecule has 0 bridgehead atoms. The number of hydrogen-bond acceptors (Lipinski definition) is 0. The van der Waals surface area contributed by atoms with Gasteiger partial charge in [0.1, 0.15) is 17.5 Å². The molecule has 0 aromatic rings. The van der Waals surface area contributed by atoms with Crippen LogP contribution in [0.3, 0.4) is 0 Å². The Labute approximate surface area is 145 Å². The SMILES string of the molecule is CCC1CCC(/C(F)=C(\F)C2CCC(/C(F)=C/C(F)(F)F)CC2)CC1. The molecule has 0 saturated heterocycles. The van der Waals surface area contributed by atoms with E-state index in [1.165, 1.54) is 0 Å². The third-order valence-corrected chi connectivity index (χ3v) is 5.79. The third-order valence-electron chi connectivity index (χ3n) is 5.79. The summed E-state index contributed by atoms with van der Waals surface area (Å²) >= 11 is 0. The number of hydrogen-bond donors (Lipinski definition) is 0. The topological polar surface area (TPSA) is 0 Å². The van der Waals surface area contributed by atoms with Crippen LogP contribution in [-0.2, 0) is 0 Å². The van der Waals surface area contributed by atoms with E-state index in [4.69, 9.17) is 0 Å². The second-order valence-corrected chi connectivity index (χ2v) is 7.44. The van der Waals surface area contributed by atoms with Crippen LogP contribution in [0.1, 0.15) is 64.7 Å². The zero-order valence-electron chi connectivity index (χ0n) is 14.5. The summed E-state index contributed by atoms with van der Waals surface area (Å²) in [5.74, 6) is -3.88. The van der Waals surface area contributed by atoms with Crippen LogP contribution >= 0.6 is 0 Å². The van der Waals surface area contributed by atoms with Crippen LogP contribution in [0.25, 0.3) is 0 Å². The lowest BCUT2D eigenvalue weighted by Gasteiger charge is -2.30. The van der Waals surface area contributed by atoms with Gasteiger partial charge < -0.3 is 0 Å². The minimum atomic E-state index is -4.68. The Balaban J connectivity index is 1.92. The molecule has 0 atom stereocenters. The highest BCUT2D eigenvalue weighted by Gasteiger charge is 2.33. The first kappa shape index (κ1) is 20.4. The van der Waals surface area contributed by atoms with Crippen molar-refractivity contribution in [2.45, 2.75) is 70.9 Å². The molecule has 25 heavy (non-hydrogen) atoms. The summed E-state index contributed by atoms with van der Waals surface area (Å²) < 4.78 is 79.1. The second kappa shape index (κ2) is 8.63. The molecule has 0 nitrogen and oxygen atoms in total. The Kier molecular flexibility index (Phi) is 7.03. The molecule has 0 N–H and O–H groups in total. The van der Waals surface area contributed by atoms with Gasteiger partial charge in [0, 0.05) is 17.8 Å². The molecule has 0 aliphatic heterocycles. The quantitative estimate of drug-likeness (QED) is 0.449. The summed E-state index contributed by atoms with van der Waals surface area (Å²) in [5.41, 5.74) is 0. The Morgan fingerprint density at radius 1 is 0.760 bits per heavy atom. The number of rotatable bonds is 4. The maximum absolute atomic E-state index is 14.5. The molecule has 0 unspecified atom stereocenters. The van der Waals surface area contributed by atoms with E-state index < -0.39 is 35.5 Å². The monoisotopic (exact) mass is 368 g/mol. The van der Waals surface area contributed by atoms with Gasteiger partial charge in [0.2, 0.25) is 0 Å². The fourth-order valence-electron chi connectivity index (χ4n) is 4.11. The number of alkyl halides is 3. The van der Waals surface area contributed by atoms with Crippen LogP contribution in [0, 0.1) is 23.7 Å². The van der Waals surface area contributed by atoms with Gasteiger partial charge in [0.15, 0.2) is 0 Å². The van der Waals surface area contributed by atoms with E-state index in [2.05, 4.69) is 6.92 Å². The fraction of sp³-hybridized carbons (Fsp3) is 0.789. The van der Waals surface area contributed by atoms with Gasteiger partial charge >= 0.3 is 6.18 Å². The van der Waals surface area contributed by atoms with E-state index in [9.17, 15) is 26.3 Å². The maximum Gasteiger partial charge on any atom is 0.412 e. The number of halogens is 6. The predicted molar refractivity (Wildman–Crippen MR) is 85.7 cm³/mol. The van der Waals surface area contributed by atoms with Crippen LogP contribution in [0.2, 0.25) is 0 Å². The van der Waals surface area contributed by atoms with Gasteiger partial charge in [-0.05, 0) is 57.3 Å². The average molecular weight is 368 g/mol. The highest BCUT2D eigenvalue weighted by molar-refractivity contribution is 5.11. The zero-order valence-corrected chi connectivity index (χ0v) is 14.5. The van der Waals surface area contributed by atoms with Crippen molar-refractivity contribution in [3.63, 3.8) is 0 Å². The zero-order chi connectivity index (χ0) is 18.6. The highest BCUT2D eigenvalue weighted by atomic mass is 19.4. The van der Waals surface area contributed by atoms with Crippen LogP contribution in [-0.4, -0.2) is 6.18 Å². The molecule has 0 heterocycles. The fourth-order valence-corrected chi connectivity index (χ4v) is 4.11. The molecule has 2 aliphatic rings. The standard InChI is InChI=1S/C19H26F6/c1-2-12-3-5-14(6-4-12)17(21)18(22)15-9-7-13(8-10-15)16(20)11-19(23,24)25/h11-15H,2-10H2,1H3/b16-11-,18-17+. The summed E-state index contributed by atoms with van der Waals surface area (Å²) in [5, 5.41) is 0. The number of allylic oxidation sites excluding steroid dienone is 4. The molecule has 2 saturated carbocycles. The summed E-state index contributed by atoms with van der Waals surface area (Å²) in [6, 6.07) is 0. The van der Waals surface area contributed by atoms with Crippen molar-refractivity contribution in [2.75, 3.05) is 0 Å². The lowest BCUT2D eigenvalue weighted by molar-refractivity contribution is -0.0821. The second-order valence-electron chi connectivity index (χ2n) is 7.44. The van der Waals surface area contributed by atoms with E-state index >= 15 is 0 Å². The molecule has 0 aromatic carbocycles. The molecular formula is C19H26F6. The minimum Gasteiger partial charge on any atom is -0.212 e. The smallest absolute Gasteiger partial charge is 0.212 e. The molecular weight excluding hydrogens is 342 g/mol. The van der Waals surface area contributed by atoms with E-state index in [-0.39, 0.29) is 37.7 Å². The average Bonchev–Trinajstić information content (AvgIpc) is 2.59. The maximum atomic E-state index is 14.5. The van der Waals surface area contributed by atoms with E-state index in [1.807, 2.05) is 0 Å². The molecule has 0 radical (unpaired) electrons. The third kappa shape index (κ3) is 5.78. The largest absolute Gasteiger partial charge is 0.412 e. The van der Waals surface area contributed by atoms with Crippen LogP contribution in [0.15, 0.2) is 23.6 Å². The van der Waals surface area contributed by atoms with Gasteiger partial charge in [-0.25, -0.2) is 13.2 Å². The van der Waals surface area contributed by atoms with Gasteiger partial charge in [0.05, 0.1) is 6.08 Å². The Morgan fingerprint density at radius 3 is 1.56 bits per heavy atom. The molecule has 2 aliphatic carbocycles. The normalized spacial score (nSPS) is 33.2. The van der Waals surface area contributed by atoms with Crippen LogP contribution in [0.4, 0.5) is 26.3 Å². The Hall–Kier alpha value is -0.940. The lowest BCUT2D eigenvalue weighted by atomic mass is 9.77. The molecule has 0 aromatic heterocycles. The summed E-state index contributed by atoms with van der Waals surface area (Å²) in [7, 11) is 0. The summed E-state index contributed by atoms with van der Waals surface area (Å²) in [6.45, 7) is 2.10.